The van der Waals surface area contributed by atoms with Gasteiger partial charge >= 0.3 is 0 Å². The zero-order valence-electron chi connectivity index (χ0n) is 17.1. The molecule has 1 N–H and O–H groups in total. The molecule has 1 aliphatic heterocycles. The molecule has 0 spiro atoms. The highest BCUT2D eigenvalue weighted by molar-refractivity contribution is 7.92. The summed E-state index contributed by atoms with van der Waals surface area (Å²) in [5.41, 5.74) is 2.86. The van der Waals surface area contributed by atoms with Gasteiger partial charge in [-0.05, 0) is 42.8 Å². The van der Waals surface area contributed by atoms with E-state index in [1.54, 1.807) is 29.1 Å². The van der Waals surface area contributed by atoms with Crippen LogP contribution < -0.4 is 9.62 Å². The molecule has 0 aliphatic carbocycles. The van der Waals surface area contributed by atoms with Crippen molar-refractivity contribution in [3.8, 4) is 0 Å². The summed E-state index contributed by atoms with van der Waals surface area (Å²) in [5.74, 6) is 0.00631. The third-order valence-electron chi connectivity index (χ3n) is 5.48. The molecule has 1 saturated heterocycles. The summed E-state index contributed by atoms with van der Waals surface area (Å²) in [5, 5.41) is 2.47. The average molecular weight is 515 g/mol. The monoisotopic (exact) mass is 514 g/mol. The van der Waals surface area contributed by atoms with E-state index in [0.29, 0.717) is 22.2 Å². The van der Waals surface area contributed by atoms with Crippen LogP contribution >= 0.6 is 34.5 Å². The van der Waals surface area contributed by atoms with Crippen molar-refractivity contribution in [2.45, 2.75) is 23.9 Å². The molecule has 170 valence electrons. The van der Waals surface area contributed by atoms with Gasteiger partial charge in [-0.2, -0.15) is 0 Å². The van der Waals surface area contributed by atoms with Gasteiger partial charge in [0.2, 0.25) is 0 Å². The normalized spacial score (nSPS) is 16.9. The minimum absolute atomic E-state index is 0.0668. The molecule has 1 fully saturated rings. The maximum atomic E-state index is 14.1. The Kier molecular flexibility index (Phi) is 6.92. The first kappa shape index (κ1) is 23.3. The van der Waals surface area contributed by atoms with Gasteiger partial charge in [0, 0.05) is 48.7 Å². The second-order valence-corrected chi connectivity index (χ2v) is 10.9. The zero-order chi connectivity index (χ0) is 22.9. The molecule has 0 saturated carbocycles. The summed E-state index contributed by atoms with van der Waals surface area (Å²) < 4.78 is 41.7. The lowest BCUT2D eigenvalue weighted by atomic mass is 10.2. The molecule has 0 bridgehead atoms. The molecule has 2 aromatic carbocycles. The average Bonchev–Trinajstić information content (AvgIpc) is 3.42. The van der Waals surface area contributed by atoms with Crippen molar-refractivity contribution < 1.29 is 12.8 Å². The van der Waals surface area contributed by atoms with Crippen molar-refractivity contribution in [3.05, 3.63) is 68.7 Å². The molecule has 11 heteroatoms. The van der Waals surface area contributed by atoms with E-state index in [-0.39, 0.29) is 22.6 Å². The molecule has 4 rings (SSSR count). The Morgan fingerprint density at radius 3 is 2.81 bits per heavy atom. The number of halogens is 3. The molecule has 0 amide bonds. The number of hydrogen-bond donors (Lipinski definition) is 1. The van der Waals surface area contributed by atoms with Crippen molar-refractivity contribution in [3.63, 3.8) is 0 Å². The van der Waals surface area contributed by atoms with Crippen LogP contribution in [0, 0.1) is 5.82 Å². The lowest BCUT2D eigenvalue weighted by molar-refractivity contribution is 0.320. The molecular formula is C21H21Cl2FN4O2S2. The van der Waals surface area contributed by atoms with E-state index in [1.165, 1.54) is 29.5 Å². The number of thiazole rings is 1. The molecule has 1 aromatic heterocycles. The molecule has 1 unspecified atom stereocenters. The molecule has 1 aliphatic rings. The fraction of sp³-hybridized carbons (Fsp3) is 0.286. The van der Waals surface area contributed by atoms with E-state index < -0.39 is 10.0 Å². The van der Waals surface area contributed by atoms with Gasteiger partial charge in [-0.25, -0.2) is 17.8 Å². The Hall–Kier alpha value is -1.91. The van der Waals surface area contributed by atoms with Crippen LogP contribution in [0.25, 0.3) is 0 Å². The van der Waals surface area contributed by atoms with E-state index in [4.69, 9.17) is 23.2 Å². The van der Waals surface area contributed by atoms with Crippen molar-refractivity contribution in [1.82, 2.24) is 9.88 Å². The summed E-state index contributed by atoms with van der Waals surface area (Å²) >= 11 is 13.8. The Balaban J connectivity index is 1.44. The third-order valence-corrected chi connectivity index (χ3v) is 7.95. The number of nitrogens with one attached hydrogen (secondary N) is 1. The largest absolute Gasteiger partial charge is 0.369 e. The van der Waals surface area contributed by atoms with Crippen molar-refractivity contribution >= 4 is 56.1 Å². The number of aromatic nitrogens is 1. The van der Waals surface area contributed by atoms with E-state index in [0.717, 1.165) is 25.2 Å². The second-order valence-electron chi connectivity index (χ2n) is 7.62. The highest BCUT2D eigenvalue weighted by Crippen LogP contribution is 2.32. The van der Waals surface area contributed by atoms with E-state index in [2.05, 4.69) is 14.6 Å². The van der Waals surface area contributed by atoms with Crippen molar-refractivity contribution in [2.24, 2.45) is 0 Å². The lowest BCUT2D eigenvalue weighted by Crippen LogP contribution is -2.34. The smallest absolute Gasteiger partial charge is 0.263 e. The van der Waals surface area contributed by atoms with Gasteiger partial charge in [0.15, 0.2) is 5.82 Å². The first-order valence-electron chi connectivity index (χ1n) is 9.82. The standard InChI is InChI=1S/C21H21Cl2FN4O2S2/c1-27(16-6-7-28(11-16)10-14-8-15(22)2-4-19(14)24)20-5-3-17(9-18(20)23)32(29,30)26-21-12-31-13-25-21/h2-5,8-9,12-13,16,26H,6-7,10-11H2,1H3. The van der Waals surface area contributed by atoms with Crippen LogP contribution in [0.2, 0.25) is 10.0 Å². The third kappa shape index (κ3) is 5.18. The molecule has 0 radical (unpaired) electrons. The fourth-order valence-corrected chi connectivity index (χ4v) is 5.93. The van der Waals surface area contributed by atoms with Gasteiger partial charge in [-0.15, -0.1) is 11.3 Å². The topological polar surface area (TPSA) is 65.5 Å². The van der Waals surface area contributed by atoms with Crippen LogP contribution in [0.5, 0.6) is 0 Å². The highest BCUT2D eigenvalue weighted by Gasteiger charge is 2.28. The second kappa shape index (κ2) is 9.52. The molecule has 32 heavy (non-hydrogen) atoms. The quantitative estimate of drug-likeness (QED) is 0.475. The molecule has 1 atom stereocenters. The fourth-order valence-electron chi connectivity index (χ4n) is 3.77. The number of rotatable bonds is 7. The molecular weight excluding hydrogens is 494 g/mol. The van der Waals surface area contributed by atoms with Gasteiger partial charge in [-0.3, -0.25) is 9.62 Å². The summed E-state index contributed by atoms with van der Waals surface area (Å²) in [7, 11) is -1.85. The van der Waals surface area contributed by atoms with Crippen LogP contribution in [0.3, 0.4) is 0 Å². The van der Waals surface area contributed by atoms with Crippen molar-refractivity contribution in [1.29, 1.82) is 0 Å². The summed E-state index contributed by atoms with van der Waals surface area (Å²) in [6.45, 7) is 2.01. The zero-order valence-corrected chi connectivity index (χ0v) is 20.3. The van der Waals surface area contributed by atoms with Gasteiger partial charge in [0.1, 0.15) is 5.82 Å². The number of anilines is 2. The van der Waals surface area contributed by atoms with E-state index in [9.17, 15) is 12.8 Å². The Bertz CT molecular complexity index is 1210. The van der Waals surface area contributed by atoms with Gasteiger partial charge in [0.25, 0.3) is 10.0 Å². The minimum Gasteiger partial charge on any atom is -0.369 e. The number of likely N-dealkylation sites (N-methyl/N-ethyl adjacent to an activating group) is 1. The van der Waals surface area contributed by atoms with E-state index in [1.807, 2.05) is 11.9 Å². The van der Waals surface area contributed by atoms with Crippen molar-refractivity contribution in [2.75, 3.05) is 29.8 Å². The Morgan fingerprint density at radius 2 is 2.09 bits per heavy atom. The van der Waals surface area contributed by atoms with Crippen LogP contribution in [0.4, 0.5) is 15.9 Å². The highest BCUT2D eigenvalue weighted by atomic mass is 35.5. The summed E-state index contributed by atoms with van der Waals surface area (Å²) in [6.07, 6.45) is 0.875. The molecule has 6 nitrogen and oxygen atoms in total. The number of hydrogen-bond acceptors (Lipinski definition) is 6. The number of sulfonamides is 1. The number of nitrogens with zero attached hydrogens (tertiary/aromatic N) is 3. The van der Waals surface area contributed by atoms with Crippen LogP contribution in [0.1, 0.15) is 12.0 Å². The predicted octanol–water partition coefficient (Wildman–Crippen LogP) is 5.10. The number of benzene rings is 2. The SMILES string of the molecule is CN(c1ccc(S(=O)(=O)Nc2cscn2)cc1Cl)C1CCN(Cc2cc(Cl)ccc2F)C1. The molecule has 3 aromatic rings. The van der Waals surface area contributed by atoms with Gasteiger partial charge in [0.05, 0.1) is 21.1 Å². The summed E-state index contributed by atoms with van der Waals surface area (Å²) in [6, 6.07) is 9.41. The maximum absolute atomic E-state index is 14.1. The Labute approximate surface area is 200 Å². The maximum Gasteiger partial charge on any atom is 0.263 e. The van der Waals surface area contributed by atoms with E-state index >= 15 is 0 Å². The minimum atomic E-state index is -3.78. The first-order valence-corrected chi connectivity index (χ1v) is 13.0. The summed E-state index contributed by atoms with van der Waals surface area (Å²) in [4.78, 5) is 8.22. The number of likely N-dealkylation sites (tertiary alicyclic amines) is 1. The van der Waals surface area contributed by atoms with Crippen LogP contribution in [-0.4, -0.2) is 44.5 Å². The van der Waals surface area contributed by atoms with Crippen LogP contribution in [-0.2, 0) is 16.6 Å². The predicted molar refractivity (Wildman–Crippen MR) is 128 cm³/mol. The lowest BCUT2D eigenvalue weighted by Gasteiger charge is -2.28. The first-order chi connectivity index (χ1) is 15.2. The Morgan fingerprint density at radius 1 is 1.28 bits per heavy atom. The van der Waals surface area contributed by atoms with Crippen LogP contribution in [0.15, 0.2) is 52.2 Å². The van der Waals surface area contributed by atoms with Gasteiger partial charge in [-0.1, -0.05) is 23.2 Å². The van der Waals surface area contributed by atoms with Gasteiger partial charge < -0.3 is 4.90 Å². The molecule has 2 heterocycles.